The fraction of sp³-hybridized carbons (Fsp3) is 0.571. The van der Waals surface area contributed by atoms with Crippen molar-refractivity contribution in [3.63, 3.8) is 0 Å². The molecule has 1 rings (SSSR count). The van der Waals surface area contributed by atoms with Crippen molar-refractivity contribution in [2.75, 3.05) is 0 Å². The monoisotopic (exact) mass is 237 g/mol. The van der Waals surface area contributed by atoms with Gasteiger partial charge in [0.05, 0.1) is 12.2 Å². The van der Waals surface area contributed by atoms with Crippen LogP contribution in [0.3, 0.4) is 0 Å². The maximum absolute atomic E-state index is 11.8. The lowest BCUT2D eigenvalue weighted by atomic mass is 10.2. The van der Waals surface area contributed by atoms with E-state index in [-0.39, 0.29) is 18.0 Å². The molecular weight excluding hydrogens is 216 g/mol. The fourth-order valence-corrected chi connectivity index (χ4v) is 1.29. The average Bonchev–Trinajstić information content (AvgIpc) is 2.33. The van der Waals surface area contributed by atoms with E-state index >= 15 is 0 Å². The van der Waals surface area contributed by atoms with Gasteiger partial charge in [-0.1, -0.05) is 19.9 Å². The molecule has 0 heterocycles. The molecule has 0 saturated heterocycles. The third kappa shape index (κ3) is 3.84. The minimum Gasteiger partial charge on any atom is -0.487 e. The molecule has 0 N–H and O–H groups in total. The average molecular weight is 237 g/mol. The van der Waals surface area contributed by atoms with Crippen molar-refractivity contribution in [1.29, 1.82) is 0 Å². The van der Waals surface area contributed by atoms with Crippen LogP contribution in [0.5, 0.6) is 17.2 Å². The highest BCUT2D eigenvalue weighted by atomic mass is 16.5. The minimum absolute atomic E-state index is 0.0179. The van der Waals surface area contributed by atoms with Gasteiger partial charge in [-0.05, 0) is 38.8 Å². The molecule has 1 aromatic carbocycles. The van der Waals surface area contributed by atoms with Gasteiger partial charge in [0.15, 0.2) is 5.75 Å². The van der Waals surface area contributed by atoms with Gasteiger partial charge in [0.2, 0.25) is 11.5 Å². The second kappa shape index (κ2) is 6.38. The molecule has 2 atom stereocenters. The Morgan fingerprint density at radius 2 is 1.65 bits per heavy atom. The zero-order valence-electron chi connectivity index (χ0n) is 11.0. The van der Waals surface area contributed by atoms with Crippen LogP contribution in [-0.4, -0.2) is 12.2 Å². The molecule has 2 unspecified atom stereocenters. The topological polar surface area (TPSA) is 38.4 Å². The maximum atomic E-state index is 11.8. The van der Waals surface area contributed by atoms with E-state index in [1.54, 1.807) is 12.1 Å². The van der Waals surface area contributed by atoms with E-state index in [4.69, 9.17) is 9.47 Å². The van der Waals surface area contributed by atoms with Gasteiger partial charge < -0.3 is 9.47 Å². The summed E-state index contributed by atoms with van der Waals surface area (Å²) in [4.78, 5) is 0. The van der Waals surface area contributed by atoms with Crippen LogP contribution in [0.1, 0.15) is 40.5 Å². The fourth-order valence-electron chi connectivity index (χ4n) is 1.29. The van der Waals surface area contributed by atoms with Gasteiger partial charge in [0.25, 0.3) is 0 Å². The molecule has 0 aliphatic heterocycles. The first kappa shape index (κ1) is 13.7. The molecule has 95 valence electrons. The standard InChI is InChI=1S/C14H21O3/c1-5-10(3)16-13-9-7-8-12(15)14(13)17-11(4)6-2/h7-11H,5-6H2,1-4H3. The van der Waals surface area contributed by atoms with Crippen LogP contribution in [0.4, 0.5) is 0 Å². The molecular formula is C14H21O3. The summed E-state index contributed by atoms with van der Waals surface area (Å²) in [7, 11) is 0. The summed E-state index contributed by atoms with van der Waals surface area (Å²) in [6, 6.07) is 4.98. The van der Waals surface area contributed by atoms with Crippen molar-refractivity contribution in [1.82, 2.24) is 0 Å². The quantitative estimate of drug-likeness (QED) is 0.744. The Hall–Kier alpha value is -1.38. The van der Waals surface area contributed by atoms with E-state index in [1.807, 2.05) is 27.7 Å². The second-order valence-corrected chi connectivity index (χ2v) is 4.26. The summed E-state index contributed by atoms with van der Waals surface area (Å²) in [6.45, 7) is 7.98. The van der Waals surface area contributed by atoms with Gasteiger partial charge in [0, 0.05) is 0 Å². The number of hydrogen-bond donors (Lipinski definition) is 0. The van der Waals surface area contributed by atoms with Crippen LogP contribution in [0.15, 0.2) is 18.2 Å². The summed E-state index contributed by atoms with van der Waals surface area (Å²) in [5.74, 6) is 0.764. The molecule has 3 heteroatoms. The summed E-state index contributed by atoms with van der Waals surface area (Å²) < 4.78 is 11.3. The van der Waals surface area contributed by atoms with E-state index < -0.39 is 0 Å². The molecule has 0 amide bonds. The Bertz CT molecular complexity index is 349. The Morgan fingerprint density at radius 1 is 1.06 bits per heavy atom. The van der Waals surface area contributed by atoms with Gasteiger partial charge in [-0.25, -0.2) is 0 Å². The van der Waals surface area contributed by atoms with Crippen molar-refractivity contribution in [3.8, 4) is 17.2 Å². The molecule has 1 radical (unpaired) electrons. The van der Waals surface area contributed by atoms with Crippen molar-refractivity contribution in [3.05, 3.63) is 18.2 Å². The Balaban J connectivity index is 2.91. The molecule has 0 fully saturated rings. The molecule has 0 aliphatic rings. The summed E-state index contributed by atoms with van der Waals surface area (Å²) in [5, 5.41) is 11.8. The lowest BCUT2D eigenvalue weighted by molar-refractivity contribution is 0.167. The van der Waals surface area contributed by atoms with Crippen LogP contribution < -0.4 is 9.47 Å². The second-order valence-electron chi connectivity index (χ2n) is 4.26. The van der Waals surface area contributed by atoms with Crippen molar-refractivity contribution in [2.24, 2.45) is 0 Å². The van der Waals surface area contributed by atoms with E-state index in [0.29, 0.717) is 11.5 Å². The molecule has 0 aromatic heterocycles. The van der Waals surface area contributed by atoms with Crippen LogP contribution in [-0.2, 0) is 5.11 Å². The van der Waals surface area contributed by atoms with Gasteiger partial charge in [-0.2, -0.15) is 0 Å². The first-order chi connectivity index (χ1) is 8.08. The molecule has 0 aliphatic carbocycles. The molecule has 1 aromatic rings. The number of hydrogen-bond acceptors (Lipinski definition) is 2. The van der Waals surface area contributed by atoms with Gasteiger partial charge in [0.1, 0.15) is 0 Å². The van der Waals surface area contributed by atoms with Crippen LogP contribution in [0.25, 0.3) is 0 Å². The highest BCUT2D eigenvalue weighted by Crippen LogP contribution is 2.38. The van der Waals surface area contributed by atoms with Gasteiger partial charge >= 0.3 is 0 Å². The number of ether oxygens (including phenoxy) is 2. The van der Waals surface area contributed by atoms with Crippen molar-refractivity contribution in [2.45, 2.75) is 52.7 Å². The maximum Gasteiger partial charge on any atom is 0.224 e. The third-order valence-electron chi connectivity index (χ3n) is 2.74. The van der Waals surface area contributed by atoms with Crippen LogP contribution >= 0.6 is 0 Å². The van der Waals surface area contributed by atoms with E-state index in [9.17, 15) is 5.11 Å². The first-order valence-electron chi connectivity index (χ1n) is 6.21. The van der Waals surface area contributed by atoms with Crippen LogP contribution in [0, 0.1) is 0 Å². The van der Waals surface area contributed by atoms with E-state index in [1.165, 1.54) is 6.07 Å². The van der Waals surface area contributed by atoms with Gasteiger partial charge in [-0.15, -0.1) is 0 Å². The summed E-state index contributed by atoms with van der Waals surface area (Å²) in [5.41, 5.74) is 0. The number of para-hydroxylation sites is 1. The molecule has 3 nitrogen and oxygen atoms in total. The predicted octanol–water partition coefficient (Wildman–Crippen LogP) is 4.19. The normalized spacial score (nSPS) is 14.1. The highest BCUT2D eigenvalue weighted by Gasteiger charge is 2.16. The number of rotatable bonds is 6. The molecule has 17 heavy (non-hydrogen) atoms. The smallest absolute Gasteiger partial charge is 0.224 e. The van der Waals surface area contributed by atoms with E-state index in [0.717, 1.165) is 12.8 Å². The lowest BCUT2D eigenvalue weighted by Gasteiger charge is -2.19. The molecule has 0 spiro atoms. The summed E-state index contributed by atoms with van der Waals surface area (Å²) in [6.07, 6.45) is 1.85. The zero-order valence-corrected chi connectivity index (χ0v) is 11.0. The Morgan fingerprint density at radius 3 is 2.24 bits per heavy atom. The molecule has 0 bridgehead atoms. The lowest BCUT2D eigenvalue weighted by Crippen LogP contribution is -2.14. The zero-order chi connectivity index (χ0) is 12.8. The van der Waals surface area contributed by atoms with E-state index in [2.05, 4.69) is 0 Å². The highest BCUT2D eigenvalue weighted by molar-refractivity contribution is 5.50. The number of benzene rings is 1. The first-order valence-corrected chi connectivity index (χ1v) is 6.21. The molecule has 0 saturated carbocycles. The van der Waals surface area contributed by atoms with Crippen molar-refractivity contribution >= 4 is 0 Å². The summed E-state index contributed by atoms with van der Waals surface area (Å²) >= 11 is 0. The SMILES string of the molecule is CCC(C)Oc1cccc([O])c1OC(C)CC. The Kier molecular flexibility index (Phi) is 5.13. The predicted molar refractivity (Wildman–Crippen MR) is 67.3 cm³/mol. The Labute approximate surface area is 103 Å². The third-order valence-corrected chi connectivity index (χ3v) is 2.74. The van der Waals surface area contributed by atoms with Gasteiger partial charge in [-0.3, -0.25) is 5.11 Å². The van der Waals surface area contributed by atoms with Crippen molar-refractivity contribution < 1.29 is 14.6 Å². The minimum atomic E-state index is -0.119. The van der Waals surface area contributed by atoms with Crippen LogP contribution in [0.2, 0.25) is 0 Å². The largest absolute Gasteiger partial charge is 0.487 e.